The molecule has 6 heteroatoms. The lowest BCUT2D eigenvalue weighted by Crippen LogP contribution is -2.27. The first kappa shape index (κ1) is 16.7. The van der Waals surface area contributed by atoms with Crippen molar-refractivity contribution in [2.24, 2.45) is 0 Å². The molecule has 0 unspecified atom stereocenters. The SMILES string of the molecule is CC(=O)Cc1cc(NC(=O)OC(C)(C)C)n(-c2ccccc2)n1. The molecular weight excluding hydrogens is 294 g/mol. The van der Waals surface area contributed by atoms with Gasteiger partial charge in [0.05, 0.1) is 17.8 Å². The Balaban J connectivity index is 2.31. The zero-order valence-electron chi connectivity index (χ0n) is 13.8. The van der Waals surface area contributed by atoms with E-state index >= 15 is 0 Å². The molecule has 6 nitrogen and oxygen atoms in total. The molecule has 1 heterocycles. The first-order chi connectivity index (χ1) is 10.7. The predicted octanol–water partition coefficient (Wildman–Crippen LogP) is 3.35. The molecule has 0 radical (unpaired) electrons. The lowest BCUT2D eigenvalue weighted by atomic mass is 10.2. The highest BCUT2D eigenvalue weighted by Crippen LogP contribution is 2.19. The summed E-state index contributed by atoms with van der Waals surface area (Å²) in [7, 11) is 0. The monoisotopic (exact) mass is 315 g/mol. The third-order valence-corrected chi connectivity index (χ3v) is 2.82. The van der Waals surface area contributed by atoms with Crippen LogP contribution in [-0.2, 0) is 16.0 Å². The van der Waals surface area contributed by atoms with Crippen LogP contribution < -0.4 is 5.32 Å². The standard InChI is InChI=1S/C17H21N3O3/c1-12(21)10-13-11-15(18-16(22)23-17(2,3)4)20(19-13)14-8-6-5-7-9-14/h5-9,11H,10H2,1-4H3,(H,18,22). The van der Waals surface area contributed by atoms with E-state index in [-0.39, 0.29) is 12.2 Å². The van der Waals surface area contributed by atoms with Gasteiger partial charge in [0.1, 0.15) is 17.2 Å². The zero-order chi connectivity index (χ0) is 17.0. The van der Waals surface area contributed by atoms with Crippen LogP contribution in [0.2, 0.25) is 0 Å². The second-order valence-corrected chi connectivity index (χ2v) is 6.27. The fraction of sp³-hybridized carbons (Fsp3) is 0.353. The lowest BCUT2D eigenvalue weighted by Gasteiger charge is -2.19. The summed E-state index contributed by atoms with van der Waals surface area (Å²) in [6, 6.07) is 11.1. The molecule has 1 aromatic heterocycles. The second-order valence-electron chi connectivity index (χ2n) is 6.27. The summed E-state index contributed by atoms with van der Waals surface area (Å²) < 4.78 is 6.85. The number of rotatable bonds is 4. The van der Waals surface area contributed by atoms with Crippen molar-refractivity contribution in [3.63, 3.8) is 0 Å². The number of amides is 1. The van der Waals surface area contributed by atoms with Gasteiger partial charge >= 0.3 is 6.09 Å². The molecule has 23 heavy (non-hydrogen) atoms. The molecule has 0 atom stereocenters. The Kier molecular flexibility index (Phi) is 4.83. The predicted molar refractivity (Wildman–Crippen MR) is 87.8 cm³/mol. The minimum atomic E-state index is -0.593. The highest BCUT2D eigenvalue weighted by molar-refractivity contribution is 5.85. The smallest absolute Gasteiger partial charge is 0.413 e. The van der Waals surface area contributed by atoms with Crippen molar-refractivity contribution in [1.29, 1.82) is 0 Å². The number of nitrogens with zero attached hydrogens (tertiary/aromatic N) is 2. The summed E-state index contributed by atoms with van der Waals surface area (Å²) in [6.45, 7) is 6.88. The summed E-state index contributed by atoms with van der Waals surface area (Å²) in [4.78, 5) is 23.3. The van der Waals surface area contributed by atoms with Gasteiger partial charge in [-0.15, -0.1) is 0 Å². The molecule has 1 amide bonds. The number of ether oxygens (including phenoxy) is 1. The quantitative estimate of drug-likeness (QED) is 0.939. The summed E-state index contributed by atoms with van der Waals surface area (Å²) in [5, 5.41) is 7.08. The first-order valence-corrected chi connectivity index (χ1v) is 7.38. The maximum absolute atomic E-state index is 12.0. The highest BCUT2D eigenvalue weighted by Gasteiger charge is 2.19. The van der Waals surface area contributed by atoms with E-state index < -0.39 is 11.7 Å². The van der Waals surface area contributed by atoms with Crippen molar-refractivity contribution in [2.45, 2.75) is 39.7 Å². The van der Waals surface area contributed by atoms with Gasteiger partial charge in [-0.25, -0.2) is 9.48 Å². The van der Waals surface area contributed by atoms with Crippen molar-refractivity contribution < 1.29 is 14.3 Å². The molecule has 0 saturated heterocycles. The largest absolute Gasteiger partial charge is 0.444 e. The van der Waals surface area contributed by atoms with Gasteiger partial charge < -0.3 is 4.74 Å². The zero-order valence-corrected chi connectivity index (χ0v) is 13.8. The number of anilines is 1. The van der Waals surface area contributed by atoms with Gasteiger partial charge in [0.2, 0.25) is 0 Å². The van der Waals surface area contributed by atoms with E-state index in [0.717, 1.165) is 5.69 Å². The van der Waals surface area contributed by atoms with Gasteiger partial charge in [0, 0.05) is 6.07 Å². The van der Waals surface area contributed by atoms with E-state index in [9.17, 15) is 9.59 Å². The van der Waals surface area contributed by atoms with E-state index in [2.05, 4.69) is 10.4 Å². The van der Waals surface area contributed by atoms with Gasteiger partial charge in [-0.3, -0.25) is 10.1 Å². The van der Waals surface area contributed by atoms with E-state index in [1.54, 1.807) is 31.5 Å². The number of nitrogens with one attached hydrogen (secondary N) is 1. The molecule has 1 aromatic carbocycles. The highest BCUT2D eigenvalue weighted by atomic mass is 16.6. The number of carbonyl (C=O) groups is 2. The van der Waals surface area contributed by atoms with Crippen LogP contribution in [0.4, 0.5) is 10.6 Å². The molecule has 0 aliphatic rings. The van der Waals surface area contributed by atoms with Crippen LogP contribution in [0.25, 0.3) is 5.69 Å². The summed E-state index contributed by atoms with van der Waals surface area (Å²) in [6.07, 6.45) is -0.355. The topological polar surface area (TPSA) is 73.2 Å². The second kappa shape index (κ2) is 6.64. The average Bonchev–Trinajstić information content (AvgIpc) is 2.79. The molecule has 2 rings (SSSR count). The molecule has 0 aliphatic heterocycles. The molecule has 0 aliphatic carbocycles. The molecule has 1 N–H and O–H groups in total. The number of ketones is 1. The molecule has 0 bridgehead atoms. The number of aromatic nitrogens is 2. The number of para-hydroxylation sites is 1. The fourth-order valence-corrected chi connectivity index (χ4v) is 2.03. The third-order valence-electron chi connectivity index (χ3n) is 2.82. The van der Waals surface area contributed by atoms with E-state index in [4.69, 9.17) is 4.74 Å². The number of hydrogen-bond acceptors (Lipinski definition) is 4. The van der Waals surface area contributed by atoms with Gasteiger partial charge in [-0.05, 0) is 39.8 Å². The Morgan fingerprint density at radius 2 is 1.87 bits per heavy atom. The molecular formula is C17H21N3O3. The molecule has 0 fully saturated rings. The van der Waals surface area contributed by atoms with E-state index in [0.29, 0.717) is 11.5 Å². The maximum atomic E-state index is 12.0. The van der Waals surface area contributed by atoms with Crippen molar-refractivity contribution in [1.82, 2.24) is 9.78 Å². The molecule has 2 aromatic rings. The number of hydrogen-bond donors (Lipinski definition) is 1. The normalized spacial score (nSPS) is 11.1. The summed E-state index contributed by atoms with van der Waals surface area (Å²) >= 11 is 0. The van der Waals surface area contributed by atoms with Crippen LogP contribution in [0.3, 0.4) is 0 Å². The van der Waals surface area contributed by atoms with Crippen molar-refractivity contribution in [3.05, 3.63) is 42.1 Å². The van der Waals surface area contributed by atoms with E-state index in [1.165, 1.54) is 6.92 Å². The first-order valence-electron chi connectivity index (χ1n) is 7.38. The maximum Gasteiger partial charge on any atom is 0.413 e. The summed E-state index contributed by atoms with van der Waals surface area (Å²) in [5.74, 6) is 0.466. The Bertz CT molecular complexity index is 700. The Morgan fingerprint density at radius 3 is 2.43 bits per heavy atom. The number of carbonyl (C=O) groups excluding carboxylic acids is 2. The van der Waals surface area contributed by atoms with Crippen LogP contribution in [0.1, 0.15) is 33.4 Å². The lowest BCUT2D eigenvalue weighted by molar-refractivity contribution is -0.116. The fourth-order valence-electron chi connectivity index (χ4n) is 2.03. The minimum Gasteiger partial charge on any atom is -0.444 e. The number of benzene rings is 1. The van der Waals surface area contributed by atoms with Crippen LogP contribution in [0.15, 0.2) is 36.4 Å². The van der Waals surface area contributed by atoms with Gasteiger partial charge in [-0.1, -0.05) is 18.2 Å². The van der Waals surface area contributed by atoms with Crippen molar-refractivity contribution >= 4 is 17.7 Å². The van der Waals surface area contributed by atoms with Crippen molar-refractivity contribution in [2.75, 3.05) is 5.32 Å². The van der Waals surface area contributed by atoms with E-state index in [1.807, 2.05) is 30.3 Å². The van der Waals surface area contributed by atoms with Gasteiger partial charge in [-0.2, -0.15) is 5.10 Å². The van der Waals surface area contributed by atoms with Crippen LogP contribution in [0, 0.1) is 0 Å². The average molecular weight is 315 g/mol. The van der Waals surface area contributed by atoms with Gasteiger partial charge in [0.15, 0.2) is 0 Å². The molecule has 0 spiro atoms. The Morgan fingerprint density at radius 1 is 1.22 bits per heavy atom. The molecule has 122 valence electrons. The number of Topliss-reactive ketones (excluding diaryl/α,β-unsaturated/α-hetero) is 1. The minimum absolute atomic E-state index is 0.00605. The Hall–Kier alpha value is -2.63. The van der Waals surface area contributed by atoms with Crippen LogP contribution in [0.5, 0.6) is 0 Å². The van der Waals surface area contributed by atoms with Crippen LogP contribution >= 0.6 is 0 Å². The van der Waals surface area contributed by atoms with Crippen LogP contribution in [-0.4, -0.2) is 27.3 Å². The van der Waals surface area contributed by atoms with Crippen molar-refractivity contribution in [3.8, 4) is 5.69 Å². The summed E-state index contributed by atoms with van der Waals surface area (Å²) in [5.41, 5.74) is 0.782. The molecule has 0 saturated carbocycles. The Labute approximate surface area is 135 Å². The third kappa shape index (κ3) is 4.95. The van der Waals surface area contributed by atoms with Gasteiger partial charge in [0.25, 0.3) is 0 Å².